The van der Waals surface area contributed by atoms with Gasteiger partial charge in [0.1, 0.15) is 5.82 Å². The van der Waals surface area contributed by atoms with Crippen molar-refractivity contribution in [2.24, 2.45) is 0 Å². The Kier molecular flexibility index (Phi) is 4.17. The van der Waals surface area contributed by atoms with Gasteiger partial charge in [-0.1, -0.05) is 0 Å². The van der Waals surface area contributed by atoms with E-state index in [0.717, 1.165) is 12.8 Å². The molecule has 2 aromatic heterocycles. The second-order valence-corrected chi connectivity index (χ2v) is 5.09. The van der Waals surface area contributed by atoms with Crippen LogP contribution in [-0.2, 0) is 0 Å². The van der Waals surface area contributed by atoms with Crippen LogP contribution in [0.4, 0.5) is 10.6 Å². The molecule has 8 nitrogen and oxygen atoms in total. The Morgan fingerprint density at radius 3 is 2.86 bits per heavy atom. The maximum Gasteiger partial charge on any atom is 0.323 e. The van der Waals surface area contributed by atoms with Crippen molar-refractivity contribution < 1.29 is 9.53 Å². The van der Waals surface area contributed by atoms with E-state index in [-0.39, 0.29) is 12.0 Å². The number of rotatable bonds is 3. The quantitative estimate of drug-likeness (QED) is 0.929. The Morgan fingerprint density at radius 2 is 2.18 bits per heavy atom. The highest BCUT2D eigenvalue weighted by Crippen LogP contribution is 2.22. The molecule has 3 rings (SSSR count). The Labute approximate surface area is 128 Å². The molecular weight excluding hydrogens is 284 g/mol. The fraction of sp³-hybridized carbons (Fsp3) is 0.429. The van der Waals surface area contributed by atoms with Crippen LogP contribution in [0.2, 0.25) is 0 Å². The summed E-state index contributed by atoms with van der Waals surface area (Å²) >= 11 is 0. The largest absolute Gasteiger partial charge is 0.467 e. The molecule has 2 aromatic rings. The minimum atomic E-state index is -0.148. The van der Waals surface area contributed by atoms with Gasteiger partial charge >= 0.3 is 12.0 Å². The standard InChI is InChI=1S/C14H18N6O2/c1-22-13-16-5-2-12(17-13)18-14(21)19-7-3-11(4-8-19)20-9-6-15-10-20/h2,5-6,9-11H,3-4,7-8H2,1H3,(H,16,17,18,21). The monoisotopic (exact) mass is 302 g/mol. The molecule has 0 spiro atoms. The van der Waals surface area contributed by atoms with Gasteiger partial charge in [-0.2, -0.15) is 4.98 Å². The lowest BCUT2D eigenvalue weighted by atomic mass is 10.1. The fourth-order valence-electron chi connectivity index (χ4n) is 2.55. The molecule has 3 heterocycles. The summed E-state index contributed by atoms with van der Waals surface area (Å²) in [6.07, 6.45) is 8.95. The number of urea groups is 1. The van der Waals surface area contributed by atoms with E-state index in [1.807, 2.05) is 12.5 Å². The van der Waals surface area contributed by atoms with Crippen molar-refractivity contribution in [3.8, 4) is 6.01 Å². The molecule has 0 bridgehead atoms. The van der Waals surface area contributed by atoms with Crippen LogP contribution in [0.1, 0.15) is 18.9 Å². The number of hydrogen-bond acceptors (Lipinski definition) is 5. The van der Waals surface area contributed by atoms with Gasteiger partial charge in [-0.15, -0.1) is 0 Å². The molecule has 0 aromatic carbocycles. The van der Waals surface area contributed by atoms with Gasteiger partial charge in [-0.25, -0.2) is 14.8 Å². The maximum absolute atomic E-state index is 12.3. The Hall–Kier alpha value is -2.64. The zero-order chi connectivity index (χ0) is 15.4. The third kappa shape index (κ3) is 3.16. The topological polar surface area (TPSA) is 85.2 Å². The predicted octanol–water partition coefficient (Wildman–Crippen LogP) is 1.55. The molecule has 1 aliphatic heterocycles. The fourth-order valence-corrected chi connectivity index (χ4v) is 2.55. The average Bonchev–Trinajstić information content (AvgIpc) is 3.09. The van der Waals surface area contributed by atoms with E-state index in [4.69, 9.17) is 4.74 Å². The van der Waals surface area contributed by atoms with E-state index < -0.39 is 0 Å². The Balaban J connectivity index is 1.55. The number of likely N-dealkylation sites (tertiary alicyclic amines) is 1. The van der Waals surface area contributed by atoms with Gasteiger partial charge in [-0.05, 0) is 18.9 Å². The van der Waals surface area contributed by atoms with Gasteiger partial charge in [0.2, 0.25) is 0 Å². The molecule has 0 saturated carbocycles. The number of piperidine rings is 1. The van der Waals surface area contributed by atoms with E-state index >= 15 is 0 Å². The van der Waals surface area contributed by atoms with Crippen LogP contribution in [0.5, 0.6) is 6.01 Å². The predicted molar refractivity (Wildman–Crippen MR) is 79.7 cm³/mol. The van der Waals surface area contributed by atoms with Crippen molar-refractivity contribution in [3.05, 3.63) is 31.0 Å². The van der Waals surface area contributed by atoms with Crippen molar-refractivity contribution in [1.29, 1.82) is 0 Å². The van der Waals surface area contributed by atoms with E-state index in [0.29, 0.717) is 24.9 Å². The molecule has 1 saturated heterocycles. The van der Waals surface area contributed by atoms with Gasteiger partial charge < -0.3 is 14.2 Å². The van der Waals surface area contributed by atoms with Gasteiger partial charge in [0.15, 0.2) is 0 Å². The van der Waals surface area contributed by atoms with Gasteiger partial charge in [0.25, 0.3) is 0 Å². The van der Waals surface area contributed by atoms with Crippen molar-refractivity contribution in [1.82, 2.24) is 24.4 Å². The molecule has 0 aliphatic carbocycles. The zero-order valence-electron chi connectivity index (χ0n) is 12.3. The maximum atomic E-state index is 12.3. The molecule has 1 aliphatic rings. The summed E-state index contributed by atoms with van der Waals surface area (Å²) < 4.78 is 7.04. The SMILES string of the molecule is COc1nccc(NC(=O)N2CCC(n3ccnc3)CC2)n1. The van der Waals surface area contributed by atoms with Crippen LogP contribution >= 0.6 is 0 Å². The number of nitrogens with one attached hydrogen (secondary N) is 1. The highest BCUT2D eigenvalue weighted by atomic mass is 16.5. The van der Waals surface area contributed by atoms with Crippen LogP contribution in [0.25, 0.3) is 0 Å². The summed E-state index contributed by atoms with van der Waals surface area (Å²) in [5, 5.41) is 2.77. The van der Waals surface area contributed by atoms with Gasteiger partial charge in [0, 0.05) is 37.7 Å². The summed E-state index contributed by atoms with van der Waals surface area (Å²) in [6.45, 7) is 1.41. The number of hydrogen-bond donors (Lipinski definition) is 1. The number of carbonyl (C=O) groups is 1. The molecule has 2 amide bonds. The Morgan fingerprint density at radius 1 is 1.36 bits per heavy atom. The third-order valence-corrected chi connectivity index (χ3v) is 3.75. The lowest BCUT2D eigenvalue weighted by Crippen LogP contribution is -2.41. The minimum Gasteiger partial charge on any atom is -0.467 e. The van der Waals surface area contributed by atoms with E-state index in [9.17, 15) is 4.79 Å². The summed E-state index contributed by atoms with van der Waals surface area (Å²) in [4.78, 5) is 26.1. The zero-order valence-corrected chi connectivity index (χ0v) is 12.3. The Bertz CT molecular complexity index is 622. The van der Waals surface area contributed by atoms with Crippen molar-refractivity contribution in [3.63, 3.8) is 0 Å². The lowest BCUT2D eigenvalue weighted by molar-refractivity contribution is 0.183. The van der Waals surface area contributed by atoms with Crippen molar-refractivity contribution in [2.75, 3.05) is 25.5 Å². The molecule has 1 N–H and O–H groups in total. The van der Waals surface area contributed by atoms with Crippen LogP contribution in [0.15, 0.2) is 31.0 Å². The normalized spacial score (nSPS) is 15.6. The minimum absolute atomic E-state index is 0.148. The van der Waals surface area contributed by atoms with Crippen LogP contribution < -0.4 is 10.1 Å². The lowest BCUT2D eigenvalue weighted by Gasteiger charge is -2.32. The molecule has 0 radical (unpaired) electrons. The van der Waals surface area contributed by atoms with E-state index in [2.05, 4.69) is 24.8 Å². The highest BCUT2D eigenvalue weighted by molar-refractivity contribution is 5.88. The molecule has 1 fully saturated rings. The molecule has 22 heavy (non-hydrogen) atoms. The second-order valence-electron chi connectivity index (χ2n) is 5.09. The highest BCUT2D eigenvalue weighted by Gasteiger charge is 2.23. The van der Waals surface area contributed by atoms with Crippen LogP contribution in [0.3, 0.4) is 0 Å². The number of carbonyl (C=O) groups excluding carboxylic acids is 1. The number of ether oxygens (including phenoxy) is 1. The van der Waals surface area contributed by atoms with Crippen LogP contribution in [0, 0.1) is 0 Å². The summed E-state index contributed by atoms with van der Waals surface area (Å²) in [7, 11) is 1.49. The second kappa shape index (κ2) is 6.42. The van der Waals surface area contributed by atoms with E-state index in [1.165, 1.54) is 7.11 Å². The first-order valence-corrected chi connectivity index (χ1v) is 7.16. The number of anilines is 1. The first-order chi connectivity index (χ1) is 10.8. The number of aromatic nitrogens is 4. The number of nitrogens with zero attached hydrogens (tertiary/aromatic N) is 5. The summed E-state index contributed by atoms with van der Waals surface area (Å²) in [5.74, 6) is 0.439. The van der Waals surface area contributed by atoms with Crippen LogP contribution in [-0.4, -0.2) is 50.6 Å². The van der Waals surface area contributed by atoms with Gasteiger partial charge in [-0.3, -0.25) is 5.32 Å². The molecule has 8 heteroatoms. The van der Waals surface area contributed by atoms with E-state index in [1.54, 1.807) is 23.4 Å². The average molecular weight is 302 g/mol. The first-order valence-electron chi connectivity index (χ1n) is 7.16. The molecule has 116 valence electrons. The summed E-state index contributed by atoms with van der Waals surface area (Å²) in [6, 6.07) is 2.13. The number of methoxy groups -OCH3 is 1. The third-order valence-electron chi connectivity index (χ3n) is 3.75. The van der Waals surface area contributed by atoms with Crippen molar-refractivity contribution >= 4 is 11.8 Å². The molecule has 0 atom stereocenters. The van der Waals surface area contributed by atoms with Gasteiger partial charge in [0.05, 0.1) is 13.4 Å². The number of amides is 2. The number of imidazole rings is 1. The molecule has 0 unspecified atom stereocenters. The van der Waals surface area contributed by atoms with Crippen molar-refractivity contribution in [2.45, 2.75) is 18.9 Å². The smallest absolute Gasteiger partial charge is 0.323 e. The first kappa shape index (κ1) is 14.3. The summed E-state index contributed by atoms with van der Waals surface area (Å²) in [5.41, 5.74) is 0. The molecular formula is C14H18N6O2.